The number of hydrogen-bond donors (Lipinski definition) is 0. The summed E-state index contributed by atoms with van der Waals surface area (Å²) < 4.78 is 5.46. The van der Waals surface area contributed by atoms with Crippen LogP contribution in [0.25, 0.3) is 10.8 Å². The van der Waals surface area contributed by atoms with Gasteiger partial charge in [0.1, 0.15) is 10.6 Å². The minimum atomic E-state index is 0.0957. The standard InChI is InChI=1S/C21H23N3O2S/c1-13-17-9-18(22-10-15(17)6-7-19(13)26-3)16-5-4-8-24(11-16)21(25)20-14(2)23-12-27-20/h6-7,9-10,12,16H,4-5,8,11H2,1-3H3. The lowest BCUT2D eigenvalue weighted by Crippen LogP contribution is -2.39. The summed E-state index contributed by atoms with van der Waals surface area (Å²) in [7, 11) is 1.70. The Morgan fingerprint density at radius 1 is 1.30 bits per heavy atom. The Morgan fingerprint density at radius 2 is 2.15 bits per heavy atom. The van der Waals surface area contributed by atoms with E-state index in [2.05, 4.69) is 18.0 Å². The van der Waals surface area contributed by atoms with Gasteiger partial charge in [0.2, 0.25) is 0 Å². The molecule has 0 spiro atoms. The lowest BCUT2D eigenvalue weighted by atomic mass is 9.92. The SMILES string of the molecule is COc1ccc2cnc(C3CCCN(C(=O)c4scnc4C)C3)cc2c1C. The van der Waals surface area contributed by atoms with Crippen molar-refractivity contribution >= 4 is 28.0 Å². The van der Waals surface area contributed by atoms with Crippen molar-refractivity contribution in [3.8, 4) is 5.75 Å². The van der Waals surface area contributed by atoms with Crippen LogP contribution >= 0.6 is 11.3 Å². The lowest BCUT2D eigenvalue weighted by Gasteiger charge is -2.32. The molecule has 2 aromatic heterocycles. The highest BCUT2D eigenvalue weighted by Crippen LogP contribution is 2.32. The number of thiazole rings is 1. The number of carbonyl (C=O) groups is 1. The van der Waals surface area contributed by atoms with Gasteiger partial charge in [0.05, 0.1) is 18.3 Å². The molecule has 1 fully saturated rings. The average molecular weight is 382 g/mol. The third-order valence-corrected chi connectivity index (χ3v) is 6.35. The summed E-state index contributed by atoms with van der Waals surface area (Å²) in [6, 6.07) is 6.20. The molecule has 5 nitrogen and oxygen atoms in total. The zero-order valence-electron chi connectivity index (χ0n) is 15.9. The third kappa shape index (κ3) is 3.30. The highest BCUT2D eigenvalue weighted by atomic mass is 32.1. The number of carbonyl (C=O) groups excluding carboxylic acids is 1. The number of amides is 1. The molecule has 6 heteroatoms. The molecule has 4 rings (SSSR count). The van der Waals surface area contributed by atoms with Crippen LogP contribution in [-0.2, 0) is 0 Å². The van der Waals surface area contributed by atoms with E-state index in [1.165, 1.54) is 16.7 Å². The van der Waals surface area contributed by atoms with E-state index in [1.54, 1.807) is 12.6 Å². The van der Waals surface area contributed by atoms with E-state index in [1.807, 2.05) is 30.2 Å². The first-order valence-electron chi connectivity index (χ1n) is 9.21. The number of pyridine rings is 1. The maximum atomic E-state index is 12.9. The molecule has 0 radical (unpaired) electrons. The summed E-state index contributed by atoms with van der Waals surface area (Å²) in [5.74, 6) is 1.24. The van der Waals surface area contributed by atoms with E-state index in [0.717, 1.165) is 52.4 Å². The highest BCUT2D eigenvalue weighted by molar-refractivity contribution is 7.11. The molecule has 0 N–H and O–H groups in total. The number of methoxy groups -OCH3 is 1. The van der Waals surface area contributed by atoms with Crippen LogP contribution in [0.15, 0.2) is 29.9 Å². The van der Waals surface area contributed by atoms with Crippen LogP contribution < -0.4 is 4.74 Å². The number of rotatable bonds is 3. The van der Waals surface area contributed by atoms with Gasteiger partial charge in [-0.05, 0) is 55.8 Å². The molecule has 1 atom stereocenters. The van der Waals surface area contributed by atoms with Crippen LogP contribution in [0, 0.1) is 13.8 Å². The number of aromatic nitrogens is 2. The Hall–Kier alpha value is -2.47. The van der Waals surface area contributed by atoms with E-state index < -0.39 is 0 Å². The number of hydrogen-bond acceptors (Lipinski definition) is 5. The Bertz CT molecular complexity index is 998. The van der Waals surface area contributed by atoms with Crippen LogP contribution in [0.1, 0.15) is 45.4 Å². The number of likely N-dealkylation sites (tertiary alicyclic amines) is 1. The fourth-order valence-electron chi connectivity index (χ4n) is 3.86. The molecule has 1 amide bonds. The zero-order chi connectivity index (χ0) is 19.0. The number of fused-ring (bicyclic) bond motifs is 1. The molecule has 3 aromatic rings. The second-order valence-electron chi connectivity index (χ2n) is 7.08. The third-order valence-electron chi connectivity index (χ3n) is 5.43. The van der Waals surface area contributed by atoms with Crippen LogP contribution in [0.2, 0.25) is 0 Å². The van der Waals surface area contributed by atoms with E-state index >= 15 is 0 Å². The lowest BCUT2D eigenvalue weighted by molar-refractivity contribution is 0.0710. The van der Waals surface area contributed by atoms with Crippen LogP contribution in [0.3, 0.4) is 0 Å². The second-order valence-corrected chi connectivity index (χ2v) is 7.94. The summed E-state index contributed by atoms with van der Waals surface area (Å²) in [6.07, 6.45) is 3.98. The summed E-state index contributed by atoms with van der Waals surface area (Å²) in [6.45, 7) is 5.48. The normalized spacial score (nSPS) is 17.3. The number of aryl methyl sites for hydroxylation is 2. The van der Waals surface area contributed by atoms with Gasteiger partial charge in [0.25, 0.3) is 5.91 Å². The molecule has 0 saturated carbocycles. The van der Waals surface area contributed by atoms with Crippen LogP contribution in [0.4, 0.5) is 0 Å². The summed E-state index contributed by atoms with van der Waals surface area (Å²) >= 11 is 1.42. The Balaban J connectivity index is 1.62. The molecular formula is C21H23N3O2S. The van der Waals surface area contributed by atoms with Crippen molar-refractivity contribution in [2.75, 3.05) is 20.2 Å². The van der Waals surface area contributed by atoms with Gasteiger partial charge in [0.15, 0.2) is 0 Å². The minimum Gasteiger partial charge on any atom is -0.496 e. The molecule has 1 saturated heterocycles. The summed E-state index contributed by atoms with van der Waals surface area (Å²) in [5.41, 5.74) is 4.74. The van der Waals surface area contributed by atoms with E-state index in [-0.39, 0.29) is 11.8 Å². The van der Waals surface area contributed by atoms with Gasteiger partial charge in [-0.15, -0.1) is 11.3 Å². The van der Waals surface area contributed by atoms with Crippen LogP contribution in [0.5, 0.6) is 5.75 Å². The quantitative estimate of drug-likeness (QED) is 0.677. The molecular weight excluding hydrogens is 358 g/mol. The van der Waals surface area contributed by atoms with Crippen molar-refractivity contribution in [3.63, 3.8) is 0 Å². The Kier molecular flexibility index (Phi) is 4.83. The molecule has 1 aliphatic rings. The van der Waals surface area contributed by atoms with Crippen molar-refractivity contribution in [1.82, 2.24) is 14.9 Å². The Labute approximate surface area is 163 Å². The van der Waals surface area contributed by atoms with Gasteiger partial charge in [-0.1, -0.05) is 0 Å². The molecule has 1 unspecified atom stereocenters. The van der Waals surface area contributed by atoms with E-state index in [9.17, 15) is 4.79 Å². The van der Waals surface area contributed by atoms with Gasteiger partial charge in [-0.2, -0.15) is 0 Å². The van der Waals surface area contributed by atoms with Gasteiger partial charge in [-0.3, -0.25) is 9.78 Å². The molecule has 0 aliphatic carbocycles. The van der Waals surface area contributed by atoms with Gasteiger partial charge >= 0.3 is 0 Å². The average Bonchev–Trinajstić information content (AvgIpc) is 3.13. The van der Waals surface area contributed by atoms with Gasteiger partial charge in [0, 0.05) is 36.3 Å². The smallest absolute Gasteiger partial charge is 0.265 e. The fourth-order valence-corrected chi connectivity index (χ4v) is 4.63. The minimum absolute atomic E-state index is 0.0957. The van der Waals surface area contributed by atoms with Crippen LogP contribution in [-0.4, -0.2) is 41.0 Å². The Morgan fingerprint density at radius 3 is 2.89 bits per heavy atom. The van der Waals surface area contributed by atoms with Crippen molar-refractivity contribution in [1.29, 1.82) is 0 Å². The molecule has 1 aromatic carbocycles. The van der Waals surface area contributed by atoms with Crippen molar-refractivity contribution in [3.05, 3.63) is 51.7 Å². The first-order chi connectivity index (χ1) is 13.1. The molecule has 140 valence electrons. The van der Waals surface area contributed by atoms with Gasteiger partial charge < -0.3 is 9.64 Å². The van der Waals surface area contributed by atoms with Crippen molar-refractivity contribution in [2.24, 2.45) is 0 Å². The fraction of sp³-hybridized carbons (Fsp3) is 0.381. The summed E-state index contributed by atoms with van der Waals surface area (Å²) in [5, 5.41) is 2.28. The summed E-state index contributed by atoms with van der Waals surface area (Å²) in [4.78, 5) is 24.5. The molecule has 27 heavy (non-hydrogen) atoms. The predicted octanol–water partition coefficient (Wildman–Crippen LogP) is 4.34. The van der Waals surface area contributed by atoms with Crippen molar-refractivity contribution in [2.45, 2.75) is 32.6 Å². The molecule has 3 heterocycles. The molecule has 1 aliphatic heterocycles. The second kappa shape index (κ2) is 7.27. The first-order valence-corrected chi connectivity index (χ1v) is 10.1. The number of nitrogens with zero attached hydrogens (tertiary/aromatic N) is 3. The number of piperidine rings is 1. The zero-order valence-corrected chi connectivity index (χ0v) is 16.7. The topological polar surface area (TPSA) is 55.3 Å². The van der Waals surface area contributed by atoms with Crippen molar-refractivity contribution < 1.29 is 9.53 Å². The number of benzene rings is 1. The van der Waals surface area contributed by atoms with E-state index in [0.29, 0.717) is 6.54 Å². The largest absolute Gasteiger partial charge is 0.496 e. The predicted molar refractivity (Wildman–Crippen MR) is 108 cm³/mol. The highest BCUT2D eigenvalue weighted by Gasteiger charge is 2.28. The first kappa shape index (κ1) is 17.9. The maximum absolute atomic E-state index is 12.9. The molecule has 0 bridgehead atoms. The monoisotopic (exact) mass is 381 g/mol. The maximum Gasteiger partial charge on any atom is 0.265 e. The van der Waals surface area contributed by atoms with E-state index in [4.69, 9.17) is 9.72 Å². The number of ether oxygens (including phenoxy) is 1. The van der Waals surface area contributed by atoms with Gasteiger partial charge in [-0.25, -0.2) is 4.98 Å².